The molecular weight excluding hydrogens is 344 g/mol. The molecule has 1 aromatic heterocycles. The summed E-state index contributed by atoms with van der Waals surface area (Å²) >= 11 is 11.6. The molecular formula is C15H14Cl2FN3O2. The molecule has 0 aliphatic rings. The number of benzene rings is 1. The van der Waals surface area contributed by atoms with Gasteiger partial charge in [0.15, 0.2) is 5.82 Å². The molecule has 0 amide bonds. The van der Waals surface area contributed by atoms with Crippen LogP contribution >= 0.6 is 23.2 Å². The van der Waals surface area contributed by atoms with Crippen molar-refractivity contribution in [3.63, 3.8) is 0 Å². The number of nitrogens with zero attached hydrogens (tertiary/aromatic N) is 2. The van der Waals surface area contributed by atoms with E-state index in [2.05, 4.69) is 10.3 Å². The number of halogens is 3. The van der Waals surface area contributed by atoms with E-state index < -0.39 is 5.82 Å². The fourth-order valence-electron chi connectivity index (χ4n) is 1.96. The number of nitrogens with one attached hydrogen (secondary N) is 1. The lowest BCUT2D eigenvalue weighted by Gasteiger charge is -2.03. The van der Waals surface area contributed by atoms with Crippen molar-refractivity contribution in [3.8, 4) is 17.5 Å². The third-order valence-electron chi connectivity index (χ3n) is 3.08. The van der Waals surface area contributed by atoms with Gasteiger partial charge in [0.05, 0.1) is 10.6 Å². The topological polar surface area (TPSA) is 82.1 Å². The Morgan fingerprint density at radius 3 is 2.78 bits per heavy atom. The number of aliphatic hydroxyl groups is 1. The second-order valence-electron chi connectivity index (χ2n) is 4.77. The van der Waals surface area contributed by atoms with E-state index in [1.807, 2.05) is 6.07 Å². The van der Waals surface area contributed by atoms with Crippen molar-refractivity contribution >= 4 is 29.1 Å². The molecule has 0 saturated carbocycles. The first-order chi connectivity index (χ1) is 11.1. The van der Waals surface area contributed by atoms with Gasteiger partial charge in [0, 0.05) is 18.2 Å². The van der Waals surface area contributed by atoms with E-state index in [9.17, 15) is 4.39 Å². The zero-order chi connectivity index (χ0) is 16.8. The molecule has 0 bridgehead atoms. The van der Waals surface area contributed by atoms with Gasteiger partial charge in [0.2, 0.25) is 17.5 Å². The van der Waals surface area contributed by atoms with E-state index in [-0.39, 0.29) is 39.7 Å². The van der Waals surface area contributed by atoms with Crippen molar-refractivity contribution in [2.45, 2.75) is 19.3 Å². The van der Waals surface area contributed by atoms with Crippen molar-refractivity contribution in [3.05, 3.63) is 33.7 Å². The smallest absolute Gasteiger partial charge is 0.233 e. The minimum absolute atomic E-state index is 0.00710. The zero-order valence-corrected chi connectivity index (χ0v) is 13.6. The summed E-state index contributed by atoms with van der Waals surface area (Å²) in [7, 11) is 0. The van der Waals surface area contributed by atoms with Crippen LogP contribution < -0.4 is 5.32 Å². The van der Waals surface area contributed by atoms with Crippen molar-refractivity contribution in [1.29, 1.82) is 5.26 Å². The summed E-state index contributed by atoms with van der Waals surface area (Å²) in [4.78, 5) is 3.97. The second kappa shape index (κ2) is 8.16. The highest BCUT2D eigenvalue weighted by atomic mass is 35.5. The molecule has 0 fully saturated rings. The first kappa shape index (κ1) is 17.5. The normalized spacial score (nSPS) is 10.6. The van der Waals surface area contributed by atoms with Gasteiger partial charge in [0.1, 0.15) is 6.07 Å². The number of hydrogen-bond acceptors (Lipinski definition) is 5. The molecule has 0 atom stereocenters. The summed E-state index contributed by atoms with van der Waals surface area (Å²) in [6.07, 6.45) is 2.34. The minimum Gasteiger partial charge on any atom is -0.419 e. The molecule has 5 nitrogen and oxygen atoms in total. The van der Waals surface area contributed by atoms with Crippen LogP contribution in [0.5, 0.6) is 0 Å². The Hall–Kier alpha value is -1.81. The lowest BCUT2D eigenvalue weighted by molar-refractivity contribution is 0.283. The predicted octanol–water partition coefficient (Wildman–Crippen LogP) is 4.23. The first-order valence-electron chi connectivity index (χ1n) is 6.97. The number of unbranched alkanes of at least 4 members (excludes halogenated alkanes) is 2. The SMILES string of the molecule is N#Cc1nc(-c2cc(Cl)cc(Cl)c2F)oc1NCCCCCO. The van der Waals surface area contributed by atoms with Crippen LogP contribution in [-0.2, 0) is 0 Å². The van der Waals surface area contributed by atoms with E-state index in [0.29, 0.717) is 13.0 Å². The molecule has 2 N–H and O–H groups in total. The van der Waals surface area contributed by atoms with Gasteiger partial charge < -0.3 is 14.8 Å². The molecule has 0 saturated heterocycles. The summed E-state index contributed by atoms with van der Waals surface area (Å²) in [5.74, 6) is -0.611. The molecule has 1 aromatic carbocycles. The Morgan fingerprint density at radius 1 is 1.30 bits per heavy atom. The second-order valence-corrected chi connectivity index (χ2v) is 5.61. The third kappa shape index (κ3) is 4.35. The van der Waals surface area contributed by atoms with Gasteiger partial charge in [-0.1, -0.05) is 23.2 Å². The van der Waals surface area contributed by atoms with Gasteiger partial charge in [-0.25, -0.2) is 4.39 Å². The van der Waals surface area contributed by atoms with Crippen LogP contribution in [0.15, 0.2) is 16.5 Å². The standard InChI is InChI=1S/C15H14Cl2FN3O2/c16-9-6-10(13(18)11(17)7-9)14-21-12(8-19)15(23-14)20-4-2-1-3-5-22/h6-7,20,22H,1-5H2. The van der Waals surface area contributed by atoms with E-state index in [1.165, 1.54) is 12.1 Å². The number of rotatable bonds is 7. The molecule has 0 aliphatic carbocycles. The van der Waals surface area contributed by atoms with Gasteiger partial charge >= 0.3 is 0 Å². The van der Waals surface area contributed by atoms with E-state index >= 15 is 0 Å². The van der Waals surface area contributed by atoms with E-state index in [1.54, 1.807) is 0 Å². The summed E-state index contributed by atoms with van der Waals surface area (Å²) in [6.45, 7) is 0.687. The number of aliphatic hydroxyl groups excluding tert-OH is 1. The average molecular weight is 358 g/mol. The first-order valence-corrected chi connectivity index (χ1v) is 7.73. The fourth-order valence-corrected chi connectivity index (χ4v) is 2.45. The Balaban J connectivity index is 2.21. The Bertz CT molecular complexity index is 728. The van der Waals surface area contributed by atoms with E-state index in [0.717, 1.165) is 12.8 Å². The van der Waals surface area contributed by atoms with Crippen LogP contribution in [0, 0.1) is 17.1 Å². The van der Waals surface area contributed by atoms with Gasteiger partial charge in [-0.2, -0.15) is 10.2 Å². The average Bonchev–Trinajstić information content (AvgIpc) is 2.93. The summed E-state index contributed by atoms with van der Waals surface area (Å²) in [6, 6.07) is 4.50. The molecule has 0 aliphatic heterocycles. The maximum Gasteiger partial charge on any atom is 0.233 e. The quantitative estimate of drug-likeness (QED) is 0.572. The Labute approximate surface area is 142 Å². The molecule has 0 radical (unpaired) electrons. The molecule has 2 aromatic rings. The number of aromatic nitrogens is 1. The van der Waals surface area contributed by atoms with Crippen LogP contribution in [0.1, 0.15) is 25.0 Å². The number of hydrogen-bond donors (Lipinski definition) is 2. The fraction of sp³-hybridized carbons (Fsp3) is 0.333. The maximum absolute atomic E-state index is 14.1. The van der Waals surface area contributed by atoms with Crippen LogP contribution in [0.3, 0.4) is 0 Å². The van der Waals surface area contributed by atoms with Crippen molar-refractivity contribution in [2.75, 3.05) is 18.5 Å². The summed E-state index contributed by atoms with van der Waals surface area (Å²) in [5.41, 5.74) is 0.0185. The highest BCUT2D eigenvalue weighted by Crippen LogP contribution is 2.33. The highest BCUT2D eigenvalue weighted by Gasteiger charge is 2.19. The summed E-state index contributed by atoms with van der Waals surface area (Å²) in [5, 5.41) is 20.8. The summed E-state index contributed by atoms with van der Waals surface area (Å²) < 4.78 is 19.5. The largest absolute Gasteiger partial charge is 0.419 e. The van der Waals surface area contributed by atoms with E-state index in [4.69, 9.17) is 38.0 Å². The lowest BCUT2D eigenvalue weighted by Crippen LogP contribution is -2.02. The zero-order valence-electron chi connectivity index (χ0n) is 12.1. The van der Waals surface area contributed by atoms with Crippen LogP contribution in [0.2, 0.25) is 10.0 Å². The molecule has 1 heterocycles. The van der Waals surface area contributed by atoms with Gasteiger partial charge in [-0.15, -0.1) is 0 Å². The van der Waals surface area contributed by atoms with Gasteiger partial charge in [-0.05, 0) is 31.4 Å². The van der Waals surface area contributed by atoms with Gasteiger partial charge in [0.25, 0.3) is 0 Å². The maximum atomic E-state index is 14.1. The monoisotopic (exact) mass is 357 g/mol. The molecule has 23 heavy (non-hydrogen) atoms. The molecule has 122 valence electrons. The van der Waals surface area contributed by atoms with Gasteiger partial charge in [-0.3, -0.25) is 0 Å². The minimum atomic E-state index is -0.712. The number of oxazole rings is 1. The molecule has 0 spiro atoms. The molecule has 0 unspecified atom stereocenters. The van der Waals surface area contributed by atoms with Crippen LogP contribution in [-0.4, -0.2) is 23.2 Å². The number of anilines is 1. The molecule has 2 rings (SSSR count). The van der Waals surface area contributed by atoms with Crippen molar-refractivity contribution < 1.29 is 13.9 Å². The van der Waals surface area contributed by atoms with Crippen LogP contribution in [0.25, 0.3) is 11.5 Å². The Morgan fingerprint density at radius 2 is 2.09 bits per heavy atom. The third-order valence-corrected chi connectivity index (χ3v) is 3.57. The van der Waals surface area contributed by atoms with Crippen molar-refractivity contribution in [1.82, 2.24) is 4.98 Å². The van der Waals surface area contributed by atoms with Crippen molar-refractivity contribution in [2.24, 2.45) is 0 Å². The lowest BCUT2D eigenvalue weighted by atomic mass is 10.2. The van der Waals surface area contributed by atoms with Crippen LogP contribution in [0.4, 0.5) is 10.3 Å². The number of nitriles is 1. The molecule has 8 heteroatoms. The predicted molar refractivity (Wildman–Crippen MR) is 86.1 cm³/mol. The Kier molecular flexibility index (Phi) is 6.22. The highest BCUT2D eigenvalue weighted by molar-refractivity contribution is 6.35.